The van der Waals surface area contributed by atoms with Crippen molar-refractivity contribution in [3.05, 3.63) is 69.7 Å². The molecule has 1 aromatic carbocycles. The fourth-order valence-electron chi connectivity index (χ4n) is 2.52. The second-order valence-electron chi connectivity index (χ2n) is 5.58. The first-order chi connectivity index (χ1) is 11.6. The summed E-state index contributed by atoms with van der Waals surface area (Å²) in [6.07, 6.45) is 3.42. The monoisotopic (exact) mass is 337 g/mol. The summed E-state index contributed by atoms with van der Waals surface area (Å²) in [5.74, 6) is -0.151. The number of hydrogen-bond acceptors (Lipinski definition) is 3. The highest BCUT2D eigenvalue weighted by molar-refractivity contribution is 7.11. The van der Waals surface area contributed by atoms with Crippen LogP contribution in [0.1, 0.15) is 21.8 Å². The van der Waals surface area contributed by atoms with Crippen LogP contribution in [0.4, 0.5) is 5.69 Å². The van der Waals surface area contributed by atoms with Gasteiger partial charge in [0.15, 0.2) is 0 Å². The number of amides is 1. The van der Waals surface area contributed by atoms with Gasteiger partial charge in [-0.2, -0.15) is 5.10 Å². The van der Waals surface area contributed by atoms with Gasteiger partial charge < -0.3 is 5.32 Å². The van der Waals surface area contributed by atoms with Crippen molar-refractivity contribution in [2.75, 3.05) is 5.32 Å². The van der Waals surface area contributed by atoms with Crippen LogP contribution in [0.25, 0.3) is 11.8 Å². The fraction of sp³-hybridized carbons (Fsp3) is 0.158. The molecule has 0 aliphatic heterocycles. The second-order valence-corrected chi connectivity index (χ2v) is 6.53. The summed E-state index contributed by atoms with van der Waals surface area (Å²) in [6, 6.07) is 11.9. The maximum absolute atomic E-state index is 12.2. The van der Waals surface area contributed by atoms with Gasteiger partial charge >= 0.3 is 0 Å². The van der Waals surface area contributed by atoms with Crippen molar-refractivity contribution in [1.29, 1.82) is 0 Å². The number of rotatable bonds is 4. The number of para-hydroxylation sites is 1. The molecule has 0 unspecified atom stereocenters. The molecule has 4 nitrogen and oxygen atoms in total. The summed E-state index contributed by atoms with van der Waals surface area (Å²) in [7, 11) is 0. The van der Waals surface area contributed by atoms with Crippen LogP contribution in [0.15, 0.2) is 47.9 Å². The number of thiophene rings is 1. The molecule has 0 saturated carbocycles. The zero-order valence-corrected chi connectivity index (χ0v) is 14.7. The lowest BCUT2D eigenvalue weighted by Gasteiger charge is -2.05. The molecule has 0 bridgehead atoms. The number of nitrogens with zero attached hydrogens (tertiary/aromatic N) is 2. The summed E-state index contributed by atoms with van der Waals surface area (Å²) in [4.78, 5) is 13.3. The van der Waals surface area contributed by atoms with Gasteiger partial charge in [-0.3, -0.25) is 4.79 Å². The predicted octanol–water partition coefficient (Wildman–Crippen LogP) is 4.51. The summed E-state index contributed by atoms with van der Waals surface area (Å²) in [5.41, 5.74) is 4.62. The molecule has 0 spiro atoms. The molecule has 5 heteroatoms. The van der Waals surface area contributed by atoms with E-state index in [-0.39, 0.29) is 5.91 Å². The van der Waals surface area contributed by atoms with Crippen LogP contribution < -0.4 is 5.32 Å². The Bertz CT molecular complexity index is 891. The first-order valence-electron chi connectivity index (χ1n) is 7.71. The van der Waals surface area contributed by atoms with Crippen molar-refractivity contribution in [2.45, 2.75) is 20.8 Å². The Hall–Kier alpha value is -2.66. The van der Waals surface area contributed by atoms with Crippen LogP contribution in [0.5, 0.6) is 0 Å². The van der Waals surface area contributed by atoms with E-state index in [9.17, 15) is 4.79 Å². The number of aryl methyl sites for hydroxylation is 2. The van der Waals surface area contributed by atoms with Crippen LogP contribution >= 0.6 is 11.3 Å². The Morgan fingerprint density at radius 1 is 1.17 bits per heavy atom. The highest BCUT2D eigenvalue weighted by atomic mass is 32.1. The molecule has 1 amide bonds. The average Bonchev–Trinajstić information content (AvgIpc) is 3.11. The highest BCUT2D eigenvalue weighted by Crippen LogP contribution is 2.23. The quantitative estimate of drug-likeness (QED) is 0.712. The van der Waals surface area contributed by atoms with Crippen molar-refractivity contribution in [2.24, 2.45) is 0 Å². The second kappa shape index (κ2) is 6.84. The van der Waals surface area contributed by atoms with Gasteiger partial charge in [0.2, 0.25) is 5.91 Å². The molecule has 2 aromatic heterocycles. The van der Waals surface area contributed by atoms with E-state index in [1.807, 2.05) is 73.3 Å². The van der Waals surface area contributed by atoms with Crippen LogP contribution in [-0.4, -0.2) is 15.7 Å². The first kappa shape index (κ1) is 16.2. The number of hydrogen-bond donors (Lipinski definition) is 1. The van der Waals surface area contributed by atoms with Gasteiger partial charge in [0.05, 0.1) is 22.8 Å². The van der Waals surface area contributed by atoms with E-state index in [2.05, 4.69) is 10.4 Å². The third-order valence-corrected chi connectivity index (χ3v) is 4.81. The van der Waals surface area contributed by atoms with E-state index >= 15 is 0 Å². The van der Waals surface area contributed by atoms with Gasteiger partial charge in [-0.05, 0) is 56.0 Å². The number of aromatic nitrogens is 2. The van der Waals surface area contributed by atoms with Crippen molar-refractivity contribution >= 4 is 29.0 Å². The lowest BCUT2D eigenvalue weighted by atomic mass is 10.2. The molecule has 0 fully saturated rings. The van der Waals surface area contributed by atoms with Gasteiger partial charge in [0.1, 0.15) is 0 Å². The van der Waals surface area contributed by atoms with Crippen molar-refractivity contribution in [3.63, 3.8) is 0 Å². The molecule has 2 heterocycles. The number of carbonyl (C=O) groups is 1. The van der Waals surface area contributed by atoms with Crippen LogP contribution in [0, 0.1) is 20.8 Å². The van der Waals surface area contributed by atoms with E-state index in [1.54, 1.807) is 17.4 Å². The van der Waals surface area contributed by atoms with Crippen LogP contribution in [-0.2, 0) is 4.79 Å². The van der Waals surface area contributed by atoms with E-state index in [1.165, 1.54) is 5.56 Å². The highest BCUT2D eigenvalue weighted by Gasteiger charge is 2.14. The normalized spacial score (nSPS) is 11.1. The number of nitrogens with one attached hydrogen (secondary N) is 1. The minimum atomic E-state index is -0.151. The molecule has 0 atom stereocenters. The first-order valence-corrected chi connectivity index (χ1v) is 8.59. The van der Waals surface area contributed by atoms with Crippen LogP contribution in [0.2, 0.25) is 0 Å². The molecule has 24 heavy (non-hydrogen) atoms. The molecule has 3 aromatic rings. The predicted molar refractivity (Wildman–Crippen MR) is 99.8 cm³/mol. The maximum atomic E-state index is 12.2. The third-order valence-electron chi connectivity index (χ3n) is 3.83. The topological polar surface area (TPSA) is 46.9 Å². The summed E-state index contributed by atoms with van der Waals surface area (Å²) < 4.78 is 1.85. The zero-order chi connectivity index (χ0) is 17.1. The SMILES string of the molecule is Cc1ccsc1/C=C/C(=O)Nc1c(C)nn(-c2ccccc2)c1C. The van der Waals surface area contributed by atoms with E-state index in [0.29, 0.717) is 0 Å². The Morgan fingerprint density at radius 3 is 2.58 bits per heavy atom. The van der Waals surface area contributed by atoms with Crippen molar-refractivity contribution in [1.82, 2.24) is 9.78 Å². The third kappa shape index (κ3) is 3.31. The summed E-state index contributed by atoms with van der Waals surface area (Å²) in [6.45, 7) is 5.89. The minimum absolute atomic E-state index is 0.151. The standard InChI is InChI=1S/C19H19N3OS/c1-13-11-12-24-17(13)9-10-18(23)20-19-14(2)21-22(15(19)3)16-7-5-4-6-8-16/h4-12H,1-3H3,(H,20,23)/b10-9+. The van der Waals surface area contributed by atoms with E-state index in [0.717, 1.165) is 27.6 Å². The van der Waals surface area contributed by atoms with E-state index < -0.39 is 0 Å². The number of anilines is 1. The van der Waals surface area contributed by atoms with Gasteiger partial charge in [-0.25, -0.2) is 4.68 Å². The Kier molecular flexibility index (Phi) is 4.62. The molecule has 0 aliphatic rings. The van der Waals surface area contributed by atoms with Gasteiger partial charge in [0, 0.05) is 11.0 Å². The van der Waals surface area contributed by atoms with Gasteiger partial charge in [-0.1, -0.05) is 18.2 Å². The molecule has 0 saturated heterocycles. The fourth-order valence-corrected chi connectivity index (χ4v) is 3.33. The lowest BCUT2D eigenvalue weighted by Crippen LogP contribution is -2.09. The average molecular weight is 337 g/mol. The van der Waals surface area contributed by atoms with Crippen LogP contribution in [0.3, 0.4) is 0 Å². The molecule has 1 N–H and O–H groups in total. The minimum Gasteiger partial charge on any atom is -0.319 e. The molecule has 0 radical (unpaired) electrons. The number of benzene rings is 1. The van der Waals surface area contributed by atoms with Crippen molar-refractivity contribution < 1.29 is 4.79 Å². The van der Waals surface area contributed by atoms with Gasteiger partial charge in [0.25, 0.3) is 0 Å². The summed E-state index contributed by atoms with van der Waals surface area (Å²) >= 11 is 1.62. The maximum Gasteiger partial charge on any atom is 0.248 e. The molecule has 0 aliphatic carbocycles. The van der Waals surface area contributed by atoms with Gasteiger partial charge in [-0.15, -0.1) is 11.3 Å². The van der Waals surface area contributed by atoms with Crippen molar-refractivity contribution in [3.8, 4) is 5.69 Å². The Labute approximate surface area is 145 Å². The Morgan fingerprint density at radius 2 is 1.92 bits per heavy atom. The largest absolute Gasteiger partial charge is 0.319 e. The smallest absolute Gasteiger partial charge is 0.248 e. The van der Waals surface area contributed by atoms with E-state index in [4.69, 9.17) is 0 Å². The molecular formula is C19H19N3OS. The zero-order valence-electron chi connectivity index (χ0n) is 13.9. The molecule has 122 valence electrons. The summed E-state index contributed by atoms with van der Waals surface area (Å²) in [5, 5.41) is 9.50. The number of carbonyl (C=O) groups excluding carboxylic acids is 1. The molecular weight excluding hydrogens is 318 g/mol. The molecule has 3 rings (SSSR count). The lowest BCUT2D eigenvalue weighted by molar-refractivity contribution is -0.111. The Balaban J connectivity index is 1.81.